The number of hydrogen-bond acceptors (Lipinski definition) is 2. The Morgan fingerprint density at radius 1 is 1.48 bits per heavy atom. The number of carbonyl (C=O) groups excluding carboxylic acids is 1. The van der Waals surface area contributed by atoms with Gasteiger partial charge in [-0.1, -0.05) is 12.1 Å². The minimum Gasteiger partial charge on any atom is -0.391 e. The fourth-order valence-corrected chi connectivity index (χ4v) is 3.01. The van der Waals surface area contributed by atoms with E-state index in [1.165, 1.54) is 11.0 Å². The zero-order chi connectivity index (χ0) is 15.0. The first kappa shape index (κ1) is 14.3. The molecule has 3 rings (SSSR count). The van der Waals surface area contributed by atoms with Crippen LogP contribution in [0.4, 0.5) is 9.18 Å². The van der Waals surface area contributed by atoms with Crippen molar-refractivity contribution in [3.63, 3.8) is 0 Å². The number of aliphatic hydroxyl groups is 1. The van der Waals surface area contributed by atoms with Gasteiger partial charge in [0.25, 0.3) is 0 Å². The minimum absolute atomic E-state index is 0.135. The van der Waals surface area contributed by atoms with E-state index in [1.54, 1.807) is 13.1 Å². The molecule has 0 radical (unpaired) electrons. The fourth-order valence-electron chi connectivity index (χ4n) is 3.01. The van der Waals surface area contributed by atoms with E-state index in [-0.39, 0.29) is 17.9 Å². The molecular weight excluding hydrogens is 271 g/mol. The van der Waals surface area contributed by atoms with Crippen LogP contribution < -0.4 is 5.32 Å². The van der Waals surface area contributed by atoms with Gasteiger partial charge in [-0.05, 0) is 48.8 Å². The van der Waals surface area contributed by atoms with Crippen LogP contribution in [0, 0.1) is 11.7 Å². The third-order valence-corrected chi connectivity index (χ3v) is 4.49. The van der Waals surface area contributed by atoms with Crippen molar-refractivity contribution in [3.8, 4) is 0 Å². The number of rotatable bonds is 4. The van der Waals surface area contributed by atoms with Gasteiger partial charge < -0.3 is 15.3 Å². The Morgan fingerprint density at radius 3 is 2.95 bits per heavy atom. The number of fused-ring (bicyclic) bond motifs is 1. The zero-order valence-electron chi connectivity index (χ0n) is 12.2. The molecule has 5 heteroatoms. The number of carbonyl (C=O) groups is 1. The average molecular weight is 292 g/mol. The van der Waals surface area contributed by atoms with E-state index in [9.17, 15) is 14.3 Å². The van der Waals surface area contributed by atoms with Gasteiger partial charge in [-0.2, -0.15) is 0 Å². The number of nitrogens with zero attached hydrogens (tertiary/aromatic N) is 1. The smallest absolute Gasteiger partial charge is 0.317 e. The first-order chi connectivity index (χ1) is 10.1. The molecule has 2 aliphatic carbocycles. The summed E-state index contributed by atoms with van der Waals surface area (Å²) in [6.45, 7) is 0.346. The summed E-state index contributed by atoms with van der Waals surface area (Å²) in [7, 11) is 1.68. The van der Waals surface area contributed by atoms with Gasteiger partial charge in [0, 0.05) is 13.6 Å². The molecule has 1 aromatic rings. The first-order valence-corrected chi connectivity index (χ1v) is 7.53. The van der Waals surface area contributed by atoms with E-state index in [2.05, 4.69) is 5.32 Å². The van der Waals surface area contributed by atoms with Gasteiger partial charge in [0.2, 0.25) is 0 Å². The molecule has 0 aliphatic heterocycles. The van der Waals surface area contributed by atoms with E-state index >= 15 is 0 Å². The van der Waals surface area contributed by atoms with Crippen molar-refractivity contribution in [2.75, 3.05) is 13.6 Å². The van der Waals surface area contributed by atoms with Crippen LogP contribution in [0.1, 0.15) is 36.4 Å². The summed E-state index contributed by atoms with van der Waals surface area (Å²) in [4.78, 5) is 13.7. The van der Waals surface area contributed by atoms with Crippen LogP contribution in [0.3, 0.4) is 0 Å². The van der Waals surface area contributed by atoms with E-state index in [0.29, 0.717) is 24.4 Å². The summed E-state index contributed by atoms with van der Waals surface area (Å²) < 4.78 is 13.7. The van der Waals surface area contributed by atoms with Crippen LogP contribution in [0.5, 0.6) is 0 Å². The molecule has 2 amide bonds. The van der Waals surface area contributed by atoms with Crippen molar-refractivity contribution < 1.29 is 14.3 Å². The highest BCUT2D eigenvalue weighted by molar-refractivity contribution is 5.74. The molecule has 0 saturated heterocycles. The number of halogens is 1. The molecule has 0 aromatic heterocycles. The second-order valence-electron chi connectivity index (χ2n) is 6.13. The van der Waals surface area contributed by atoms with Crippen LogP contribution in [0.2, 0.25) is 0 Å². The summed E-state index contributed by atoms with van der Waals surface area (Å²) >= 11 is 0. The Bertz CT molecular complexity index is 545. The maximum atomic E-state index is 13.7. The van der Waals surface area contributed by atoms with Crippen LogP contribution in [0.25, 0.3) is 0 Å². The molecule has 1 saturated carbocycles. The molecule has 4 nitrogen and oxygen atoms in total. The van der Waals surface area contributed by atoms with Crippen molar-refractivity contribution in [1.82, 2.24) is 10.2 Å². The number of amides is 2. The predicted molar refractivity (Wildman–Crippen MR) is 77.4 cm³/mol. The lowest BCUT2D eigenvalue weighted by molar-refractivity contribution is 0.112. The Hall–Kier alpha value is -1.62. The number of aliphatic hydroxyl groups excluding tert-OH is 1. The van der Waals surface area contributed by atoms with Crippen LogP contribution >= 0.6 is 0 Å². The summed E-state index contributed by atoms with van der Waals surface area (Å²) in [6.07, 6.45) is 3.04. The lowest BCUT2D eigenvalue weighted by Crippen LogP contribution is -2.42. The maximum Gasteiger partial charge on any atom is 0.317 e. The predicted octanol–water partition coefficient (Wildman–Crippen LogP) is 2.23. The molecule has 114 valence electrons. The Labute approximate surface area is 124 Å². The number of nitrogens with one attached hydrogen (secondary N) is 1. The highest BCUT2D eigenvalue weighted by Crippen LogP contribution is 2.34. The third kappa shape index (κ3) is 3.02. The van der Waals surface area contributed by atoms with Crippen LogP contribution in [-0.4, -0.2) is 35.7 Å². The summed E-state index contributed by atoms with van der Waals surface area (Å²) in [5.74, 6) is 0.156. The first-order valence-electron chi connectivity index (χ1n) is 7.53. The molecule has 2 atom stereocenters. The zero-order valence-corrected chi connectivity index (χ0v) is 12.2. The van der Waals surface area contributed by atoms with E-state index in [0.717, 1.165) is 24.8 Å². The van der Waals surface area contributed by atoms with Crippen molar-refractivity contribution in [2.24, 2.45) is 5.92 Å². The molecule has 1 aromatic carbocycles. The monoisotopic (exact) mass is 292 g/mol. The number of urea groups is 1. The van der Waals surface area contributed by atoms with Crippen LogP contribution in [0.15, 0.2) is 18.2 Å². The topological polar surface area (TPSA) is 52.6 Å². The average Bonchev–Trinajstić information content (AvgIpc) is 3.22. The Kier molecular flexibility index (Phi) is 3.85. The van der Waals surface area contributed by atoms with Gasteiger partial charge in [-0.15, -0.1) is 0 Å². The summed E-state index contributed by atoms with van der Waals surface area (Å²) in [5.41, 5.74) is 1.59. The lowest BCUT2D eigenvalue weighted by atomic mass is 10.1. The lowest BCUT2D eigenvalue weighted by Gasteiger charge is -2.23. The van der Waals surface area contributed by atoms with E-state index in [4.69, 9.17) is 0 Å². The van der Waals surface area contributed by atoms with Gasteiger partial charge in [0.15, 0.2) is 0 Å². The molecule has 0 spiro atoms. The van der Waals surface area contributed by atoms with Crippen molar-refractivity contribution in [1.29, 1.82) is 0 Å². The molecule has 0 bridgehead atoms. The molecule has 2 unspecified atom stereocenters. The van der Waals surface area contributed by atoms with Gasteiger partial charge in [0.1, 0.15) is 5.82 Å². The summed E-state index contributed by atoms with van der Waals surface area (Å²) in [5, 5.41) is 12.8. The van der Waals surface area contributed by atoms with Gasteiger partial charge in [0.05, 0.1) is 12.1 Å². The molecule has 1 fully saturated rings. The van der Waals surface area contributed by atoms with Gasteiger partial charge >= 0.3 is 6.03 Å². The standard InChI is InChI=1S/C16H21FN2O2/c1-19(9-15(20)10-5-6-10)16(21)18-14-8-7-11-12(14)3-2-4-13(11)17/h2-4,10,14-15,20H,5-9H2,1H3,(H,18,21). The van der Waals surface area contributed by atoms with Crippen molar-refractivity contribution in [2.45, 2.75) is 37.8 Å². The quantitative estimate of drug-likeness (QED) is 0.894. The molecule has 0 heterocycles. The second-order valence-corrected chi connectivity index (χ2v) is 6.13. The highest BCUT2D eigenvalue weighted by atomic mass is 19.1. The summed E-state index contributed by atoms with van der Waals surface area (Å²) in [6, 6.07) is 4.66. The third-order valence-electron chi connectivity index (χ3n) is 4.49. The number of benzene rings is 1. The van der Waals surface area contributed by atoms with Gasteiger partial charge in [-0.3, -0.25) is 0 Å². The normalized spacial score (nSPS) is 21.8. The van der Waals surface area contributed by atoms with Gasteiger partial charge in [-0.25, -0.2) is 9.18 Å². The molecular formula is C16H21FN2O2. The minimum atomic E-state index is -0.436. The Balaban J connectivity index is 1.60. The molecule has 2 N–H and O–H groups in total. The molecule has 2 aliphatic rings. The van der Waals surface area contributed by atoms with Crippen LogP contribution in [-0.2, 0) is 6.42 Å². The maximum absolute atomic E-state index is 13.7. The highest BCUT2D eigenvalue weighted by Gasteiger charge is 2.32. The van der Waals surface area contributed by atoms with E-state index in [1.807, 2.05) is 6.07 Å². The molecule has 21 heavy (non-hydrogen) atoms. The van der Waals surface area contributed by atoms with Crippen molar-refractivity contribution in [3.05, 3.63) is 35.1 Å². The second kappa shape index (κ2) is 5.64. The SMILES string of the molecule is CN(CC(O)C1CC1)C(=O)NC1CCc2c(F)cccc21. The van der Waals surface area contributed by atoms with E-state index < -0.39 is 6.10 Å². The number of hydrogen-bond donors (Lipinski definition) is 2. The van der Waals surface area contributed by atoms with Crippen molar-refractivity contribution >= 4 is 6.03 Å². The number of likely N-dealkylation sites (N-methyl/N-ethyl adjacent to an activating group) is 1. The Morgan fingerprint density at radius 2 is 2.24 bits per heavy atom. The largest absolute Gasteiger partial charge is 0.391 e. The fraction of sp³-hybridized carbons (Fsp3) is 0.562.